The van der Waals surface area contributed by atoms with Crippen molar-refractivity contribution >= 4 is 5.78 Å². The van der Waals surface area contributed by atoms with Gasteiger partial charge < -0.3 is 9.47 Å². The molecule has 0 fully saturated rings. The molecule has 2 rings (SSSR count). The lowest BCUT2D eigenvalue weighted by Crippen LogP contribution is -2.06. The van der Waals surface area contributed by atoms with Crippen LogP contribution in [0.5, 0.6) is 11.5 Å². The number of Topliss-reactive ketones (excluding diaryl/α,β-unsaturated/α-hetero) is 1. The van der Waals surface area contributed by atoms with E-state index in [4.69, 9.17) is 9.47 Å². The molecule has 2 aromatic carbocycles. The zero-order valence-corrected chi connectivity index (χ0v) is 12.5. The molecule has 3 heteroatoms. The number of ketones is 1. The van der Waals surface area contributed by atoms with E-state index in [1.54, 1.807) is 12.1 Å². The topological polar surface area (TPSA) is 35.5 Å². The van der Waals surface area contributed by atoms with E-state index in [1.165, 1.54) is 0 Å². The lowest BCUT2D eigenvalue weighted by atomic mass is 10.1. The molecule has 0 bridgehead atoms. The van der Waals surface area contributed by atoms with E-state index in [0.717, 1.165) is 17.1 Å². The summed E-state index contributed by atoms with van der Waals surface area (Å²) in [6.07, 6.45) is 0.363. The maximum Gasteiger partial charge on any atom is 0.166 e. The standard InChI is InChI=1S/C18H20O3/c1-3-20-16-9-7-15(8-10-16)18(19)11-12-21-17-6-4-5-14(2)13-17/h4-10,13H,3,11-12H2,1-2H3. The quantitative estimate of drug-likeness (QED) is 0.720. The Morgan fingerprint density at radius 1 is 1.00 bits per heavy atom. The summed E-state index contributed by atoms with van der Waals surface area (Å²) in [6.45, 7) is 4.95. The van der Waals surface area contributed by atoms with Crippen LogP contribution in [0.2, 0.25) is 0 Å². The predicted molar refractivity (Wildman–Crippen MR) is 83.2 cm³/mol. The summed E-state index contributed by atoms with van der Waals surface area (Å²) in [7, 11) is 0. The third kappa shape index (κ3) is 4.63. The van der Waals surface area contributed by atoms with E-state index in [9.17, 15) is 4.79 Å². The molecule has 0 aromatic heterocycles. The van der Waals surface area contributed by atoms with Gasteiger partial charge in [-0.3, -0.25) is 4.79 Å². The van der Waals surface area contributed by atoms with Crippen LogP contribution in [0.1, 0.15) is 29.3 Å². The van der Waals surface area contributed by atoms with Gasteiger partial charge in [0.15, 0.2) is 5.78 Å². The molecule has 21 heavy (non-hydrogen) atoms. The van der Waals surface area contributed by atoms with E-state index < -0.39 is 0 Å². The zero-order valence-electron chi connectivity index (χ0n) is 12.5. The molecule has 0 amide bonds. The monoisotopic (exact) mass is 284 g/mol. The fraction of sp³-hybridized carbons (Fsp3) is 0.278. The van der Waals surface area contributed by atoms with Crippen molar-refractivity contribution in [3.63, 3.8) is 0 Å². The van der Waals surface area contributed by atoms with Crippen LogP contribution in [0.25, 0.3) is 0 Å². The van der Waals surface area contributed by atoms with Gasteiger partial charge >= 0.3 is 0 Å². The van der Waals surface area contributed by atoms with Crippen molar-refractivity contribution < 1.29 is 14.3 Å². The van der Waals surface area contributed by atoms with Crippen molar-refractivity contribution in [2.75, 3.05) is 13.2 Å². The van der Waals surface area contributed by atoms with Crippen molar-refractivity contribution in [2.24, 2.45) is 0 Å². The number of rotatable bonds is 7. The van der Waals surface area contributed by atoms with Gasteiger partial charge in [0.2, 0.25) is 0 Å². The molecule has 0 aliphatic rings. The van der Waals surface area contributed by atoms with Crippen LogP contribution in [-0.4, -0.2) is 19.0 Å². The third-order valence-electron chi connectivity index (χ3n) is 3.07. The molecule has 0 aliphatic carbocycles. The highest BCUT2D eigenvalue weighted by molar-refractivity contribution is 5.96. The first-order valence-corrected chi connectivity index (χ1v) is 7.14. The summed E-state index contributed by atoms with van der Waals surface area (Å²) in [5, 5.41) is 0. The Labute approximate surface area is 125 Å². The predicted octanol–water partition coefficient (Wildman–Crippen LogP) is 4.05. The number of aryl methyl sites for hydroxylation is 1. The van der Waals surface area contributed by atoms with E-state index in [1.807, 2.05) is 50.2 Å². The van der Waals surface area contributed by atoms with Crippen molar-refractivity contribution in [3.05, 3.63) is 59.7 Å². The molecule has 0 unspecified atom stereocenters. The maximum absolute atomic E-state index is 12.1. The van der Waals surface area contributed by atoms with Crippen molar-refractivity contribution in [1.29, 1.82) is 0 Å². The average Bonchev–Trinajstić information content (AvgIpc) is 2.48. The second-order valence-electron chi connectivity index (χ2n) is 4.80. The molecule has 0 radical (unpaired) electrons. The molecule has 0 heterocycles. The average molecular weight is 284 g/mol. The van der Waals surface area contributed by atoms with Gasteiger partial charge in [-0.05, 0) is 55.8 Å². The summed E-state index contributed by atoms with van der Waals surface area (Å²) < 4.78 is 11.0. The lowest BCUT2D eigenvalue weighted by Gasteiger charge is -2.07. The SMILES string of the molecule is CCOc1ccc(C(=O)CCOc2cccc(C)c2)cc1. The van der Waals surface area contributed by atoms with Crippen LogP contribution in [0.3, 0.4) is 0 Å². The Morgan fingerprint density at radius 2 is 1.76 bits per heavy atom. The minimum absolute atomic E-state index is 0.0747. The van der Waals surface area contributed by atoms with Crippen LogP contribution >= 0.6 is 0 Å². The first-order valence-electron chi connectivity index (χ1n) is 7.14. The minimum atomic E-state index is 0.0747. The van der Waals surface area contributed by atoms with E-state index in [0.29, 0.717) is 25.2 Å². The Morgan fingerprint density at radius 3 is 2.43 bits per heavy atom. The fourth-order valence-electron chi connectivity index (χ4n) is 2.01. The maximum atomic E-state index is 12.1. The van der Waals surface area contributed by atoms with Gasteiger partial charge in [-0.25, -0.2) is 0 Å². The molecule has 0 N–H and O–H groups in total. The van der Waals surface area contributed by atoms with Crippen LogP contribution in [0.15, 0.2) is 48.5 Å². The van der Waals surface area contributed by atoms with Gasteiger partial charge in [0.05, 0.1) is 13.2 Å². The zero-order chi connectivity index (χ0) is 15.1. The van der Waals surface area contributed by atoms with Gasteiger partial charge in [0.25, 0.3) is 0 Å². The molecule has 0 atom stereocenters. The molecule has 0 spiro atoms. The third-order valence-corrected chi connectivity index (χ3v) is 3.07. The van der Waals surface area contributed by atoms with Crippen LogP contribution in [-0.2, 0) is 0 Å². The molecule has 2 aromatic rings. The number of carbonyl (C=O) groups excluding carboxylic acids is 1. The van der Waals surface area contributed by atoms with Gasteiger partial charge in [0, 0.05) is 12.0 Å². The van der Waals surface area contributed by atoms with Crippen molar-refractivity contribution in [2.45, 2.75) is 20.3 Å². The minimum Gasteiger partial charge on any atom is -0.494 e. The second kappa shape index (κ2) is 7.48. The van der Waals surface area contributed by atoms with Gasteiger partial charge in [-0.15, -0.1) is 0 Å². The van der Waals surface area contributed by atoms with Crippen molar-refractivity contribution in [3.8, 4) is 11.5 Å². The summed E-state index contributed by atoms with van der Waals surface area (Å²) in [6, 6.07) is 15.0. The van der Waals surface area contributed by atoms with Gasteiger partial charge in [0.1, 0.15) is 11.5 Å². The highest BCUT2D eigenvalue weighted by Gasteiger charge is 2.06. The van der Waals surface area contributed by atoms with Gasteiger partial charge in [-0.2, -0.15) is 0 Å². The Balaban J connectivity index is 1.84. The van der Waals surface area contributed by atoms with E-state index in [2.05, 4.69) is 0 Å². The first-order chi connectivity index (χ1) is 10.2. The Kier molecular flexibility index (Phi) is 5.38. The molecule has 110 valence electrons. The van der Waals surface area contributed by atoms with E-state index in [-0.39, 0.29) is 5.78 Å². The highest BCUT2D eigenvalue weighted by atomic mass is 16.5. The van der Waals surface area contributed by atoms with Crippen LogP contribution < -0.4 is 9.47 Å². The van der Waals surface area contributed by atoms with Crippen molar-refractivity contribution in [1.82, 2.24) is 0 Å². The Hall–Kier alpha value is -2.29. The number of carbonyl (C=O) groups is 1. The Bertz CT molecular complexity index is 588. The smallest absolute Gasteiger partial charge is 0.166 e. The molecule has 0 saturated carbocycles. The van der Waals surface area contributed by atoms with Gasteiger partial charge in [-0.1, -0.05) is 12.1 Å². The largest absolute Gasteiger partial charge is 0.494 e. The summed E-state index contributed by atoms with van der Waals surface area (Å²) in [4.78, 5) is 12.1. The summed E-state index contributed by atoms with van der Waals surface area (Å²) in [5.41, 5.74) is 1.83. The molecular weight excluding hydrogens is 264 g/mol. The van der Waals surface area contributed by atoms with E-state index >= 15 is 0 Å². The number of ether oxygens (including phenoxy) is 2. The number of hydrogen-bond acceptors (Lipinski definition) is 3. The summed E-state index contributed by atoms with van der Waals surface area (Å²) >= 11 is 0. The molecule has 0 aliphatic heterocycles. The molecule has 3 nitrogen and oxygen atoms in total. The number of hydrogen-bond donors (Lipinski definition) is 0. The fourth-order valence-corrected chi connectivity index (χ4v) is 2.01. The first kappa shape index (κ1) is 15.1. The van der Waals surface area contributed by atoms with Crippen LogP contribution in [0.4, 0.5) is 0 Å². The van der Waals surface area contributed by atoms with Crippen LogP contribution in [0, 0.1) is 6.92 Å². The lowest BCUT2D eigenvalue weighted by molar-refractivity contribution is 0.0962. The second-order valence-corrected chi connectivity index (χ2v) is 4.80. The summed E-state index contributed by atoms with van der Waals surface area (Å²) in [5.74, 6) is 1.66. The molecule has 0 saturated heterocycles. The molecular formula is C18H20O3. The number of benzene rings is 2. The highest BCUT2D eigenvalue weighted by Crippen LogP contribution is 2.15. The normalized spacial score (nSPS) is 10.2.